The number of carboxylic acids is 1. The number of carboxylic acid groups (broad SMARTS) is 1. The summed E-state index contributed by atoms with van der Waals surface area (Å²) < 4.78 is 46.2. The molecule has 3 heterocycles. The average molecular weight is 554 g/mol. The number of nitrogens with zero attached hydrogens (tertiary/aromatic N) is 5. The van der Waals surface area contributed by atoms with Crippen LogP contribution in [0.4, 0.5) is 13.2 Å². The van der Waals surface area contributed by atoms with Crippen LogP contribution in [0.2, 0.25) is 0 Å². The number of amides is 3. The molecular formula is C21H30F3N5O7S. The van der Waals surface area contributed by atoms with E-state index in [0.29, 0.717) is 36.8 Å². The normalized spacial score (nSPS) is 17.8. The van der Waals surface area contributed by atoms with Gasteiger partial charge in [0.05, 0.1) is 26.8 Å². The summed E-state index contributed by atoms with van der Waals surface area (Å²) in [6.45, 7) is 5.48. The third kappa shape index (κ3) is 7.44. The fraction of sp³-hybridized carbons (Fsp3) is 0.667. The molecule has 1 atom stereocenters. The molecule has 1 unspecified atom stereocenters. The smallest absolute Gasteiger partial charge is 0.485 e. The van der Waals surface area contributed by atoms with Crippen molar-refractivity contribution in [3.8, 4) is 10.9 Å². The quantitative estimate of drug-likeness (QED) is 0.516. The number of aromatic nitrogens is 1. The fourth-order valence-electron chi connectivity index (χ4n) is 3.77. The molecule has 0 radical (unpaired) electrons. The van der Waals surface area contributed by atoms with E-state index in [4.69, 9.17) is 19.4 Å². The maximum absolute atomic E-state index is 12.9. The number of likely N-dealkylation sites (N-methyl/N-ethyl adjacent to an activating group) is 2. The van der Waals surface area contributed by atoms with E-state index in [0.717, 1.165) is 31.0 Å². The lowest BCUT2D eigenvalue weighted by Gasteiger charge is -2.41. The lowest BCUT2D eigenvalue weighted by Crippen LogP contribution is -2.58. The molecule has 0 saturated carbocycles. The lowest BCUT2D eigenvalue weighted by atomic mass is 10.0. The summed E-state index contributed by atoms with van der Waals surface area (Å²) in [6, 6.07) is -0.105. The Morgan fingerprint density at radius 2 is 1.65 bits per heavy atom. The van der Waals surface area contributed by atoms with Gasteiger partial charge in [-0.05, 0) is 13.0 Å². The molecule has 0 aliphatic carbocycles. The zero-order chi connectivity index (χ0) is 27.9. The van der Waals surface area contributed by atoms with Gasteiger partial charge in [0.15, 0.2) is 5.56 Å². The van der Waals surface area contributed by atoms with Crippen molar-refractivity contribution in [2.45, 2.75) is 25.6 Å². The number of methoxy groups -OCH3 is 2. The predicted octanol–water partition coefficient (Wildman–Crippen LogP) is 0.631. The van der Waals surface area contributed by atoms with E-state index in [2.05, 4.69) is 9.27 Å². The summed E-state index contributed by atoms with van der Waals surface area (Å²) >= 11 is 1.07. The Morgan fingerprint density at radius 3 is 2.08 bits per heavy atom. The molecule has 1 N–H and O–H groups in total. The first kappa shape index (κ1) is 30.1. The molecule has 2 aliphatic rings. The Labute approximate surface area is 215 Å². The van der Waals surface area contributed by atoms with Gasteiger partial charge in [0, 0.05) is 51.3 Å². The average Bonchev–Trinajstić information content (AvgIpc) is 3.26. The van der Waals surface area contributed by atoms with Crippen LogP contribution in [0, 0.1) is 0 Å². The number of ether oxygens (including phenoxy) is 2. The number of piperazine rings is 1. The number of alkyl halides is 3. The minimum atomic E-state index is -5.08. The molecule has 3 amide bonds. The molecule has 2 aliphatic heterocycles. The molecule has 2 saturated heterocycles. The maximum Gasteiger partial charge on any atom is 0.490 e. The summed E-state index contributed by atoms with van der Waals surface area (Å²) in [6.07, 6.45) is -4.24. The summed E-state index contributed by atoms with van der Waals surface area (Å²) in [5, 5.41) is 7.53. The molecule has 37 heavy (non-hydrogen) atoms. The highest BCUT2D eigenvalue weighted by molar-refractivity contribution is 7.08. The fourth-order valence-corrected chi connectivity index (χ4v) is 4.44. The van der Waals surface area contributed by atoms with E-state index in [9.17, 15) is 27.6 Å². The summed E-state index contributed by atoms with van der Waals surface area (Å²) in [4.78, 5) is 54.0. The van der Waals surface area contributed by atoms with Gasteiger partial charge >= 0.3 is 12.1 Å². The topological polar surface area (TPSA) is 133 Å². The molecule has 16 heteroatoms. The van der Waals surface area contributed by atoms with Crippen LogP contribution in [-0.2, 0) is 14.4 Å². The first-order chi connectivity index (χ1) is 17.3. The lowest BCUT2D eigenvalue weighted by molar-refractivity contribution is -0.192. The number of carbonyl (C=O) groups excluding carboxylic acids is 3. The van der Waals surface area contributed by atoms with E-state index in [1.54, 1.807) is 16.8 Å². The molecule has 1 aromatic rings. The first-order valence-electron chi connectivity index (χ1n) is 11.3. The number of carbonyl (C=O) groups is 4. The van der Waals surface area contributed by atoms with Gasteiger partial charge in [-0.1, -0.05) is 6.92 Å². The summed E-state index contributed by atoms with van der Waals surface area (Å²) in [5.41, 5.74) is 0.316. The van der Waals surface area contributed by atoms with Crippen LogP contribution in [0.25, 0.3) is 0 Å². The van der Waals surface area contributed by atoms with E-state index in [-0.39, 0.29) is 36.2 Å². The highest BCUT2D eigenvalue weighted by Crippen LogP contribution is 2.33. The van der Waals surface area contributed by atoms with Gasteiger partial charge < -0.3 is 29.3 Å². The number of rotatable bonds is 7. The standard InChI is InChI=1S/C19H29N5O5S.C2HF3O2/c1-5-22-7-6-13(22)17(26)21(2)12-14(25)23-8-10-24(11-9-23)18(27)15-16(28-3)20-30-19(15)29-4;3-2(4,5)1(6)7/h13H,5-12H2,1-4H3;(H,6,7). The molecule has 1 aromatic heterocycles. The van der Waals surface area contributed by atoms with Gasteiger partial charge in [-0.3, -0.25) is 19.3 Å². The van der Waals surface area contributed by atoms with Gasteiger partial charge in [0.25, 0.3) is 5.91 Å². The Balaban J connectivity index is 0.000000604. The monoisotopic (exact) mass is 553 g/mol. The maximum atomic E-state index is 12.9. The molecule has 12 nitrogen and oxygen atoms in total. The van der Waals surface area contributed by atoms with Crippen LogP contribution in [0.15, 0.2) is 0 Å². The van der Waals surface area contributed by atoms with Crippen LogP contribution in [-0.4, -0.2) is 132 Å². The minimum absolute atomic E-state index is 0.00517. The molecule has 208 valence electrons. The number of hydrogen-bond donors (Lipinski definition) is 1. The number of halogens is 3. The summed E-state index contributed by atoms with van der Waals surface area (Å²) in [5.74, 6) is -2.84. The van der Waals surface area contributed by atoms with E-state index < -0.39 is 12.1 Å². The molecular weight excluding hydrogens is 523 g/mol. The zero-order valence-electron chi connectivity index (χ0n) is 20.9. The summed E-state index contributed by atoms with van der Waals surface area (Å²) in [7, 11) is 4.62. The second-order valence-corrected chi connectivity index (χ2v) is 8.90. The van der Waals surface area contributed by atoms with E-state index in [1.807, 2.05) is 6.92 Å². The zero-order valence-corrected chi connectivity index (χ0v) is 21.7. The third-order valence-corrected chi connectivity index (χ3v) is 6.75. The second kappa shape index (κ2) is 12.9. The molecule has 3 rings (SSSR count). The highest BCUT2D eigenvalue weighted by Gasteiger charge is 2.38. The van der Waals surface area contributed by atoms with Crippen molar-refractivity contribution in [2.75, 3.05) is 67.1 Å². The third-order valence-electron chi connectivity index (χ3n) is 5.95. The van der Waals surface area contributed by atoms with E-state index >= 15 is 0 Å². The number of hydrogen-bond acceptors (Lipinski definition) is 9. The first-order valence-corrected chi connectivity index (χ1v) is 12.1. The number of aliphatic carboxylic acids is 1. The van der Waals surface area contributed by atoms with Crippen LogP contribution in [0.3, 0.4) is 0 Å². The van der Waals surface area contributed by atoms with E-state index in [1.165, 1.54) is 19.1 Å². The van der Waals surface area contributed by atoms with Crippen LogP contribution in [0.1, 0.15) is 23.7 Å². The Kier molecular flexibility index (Phi) is 10.5. The van der Waals surface area contributed by atoms with Gasteiger partial charge in [-0.25, -0.2) is 4.79 Å². The predicted molar refractivity (Wildman–Crippen MR) is 125 cm³/mol. The highest BCUT2D eigenvalue weighted by atomic mass is 32.1. The molecule has 0 aromatic carbocycles. The van der Waals surface area contributed by atoms with Crippen LogP contribution in [0.5, 0.6) is 10.9 Å². The van der Waals surface area contributed by atoms with Crippen LogP contribution < -0.4 is 9.47 Å². The van der Waals surface area contributed by atoms with Crippen molar-refractivity contribution in [2.24, 2.45) is 0 Å². The van der Waals surface area contributed by atoms with Crippen molar-refractivity contribution < 1.29 is 46.9 Å². The Bertz CT molecular complexity index is 959. The van der Waals surface area contributed by atoms with Crippen molar-refractivity contribution in [3.05, 3.63) is 5.56 Å². The second-order valence-electron chi connectivity index (χ2n) is 8.16. The minimum Gasteiger partial charge on any atom is -0.485 e. The molecule has 2 fully saturated rings. The van der Waals surface area contributed by atoms with Crippen LogP contribution >= 0.6 is 11.5 Å². The Hall–Kier alpha value is -3.14. The number of likely N-dealkylation sites (tertiary alicyclic amines) is 1. The van der Waals surface area contributed by atoms with Crippen molar-refractivity contribution in [1.29, 1.82) is 0 Å². The van der Waals surface area contributed by atoms with Gasteiger partial charge in [-0.2, -0.15) is 17.5 Å². The largest absolute Gasteiger partial charge is 0.490 e. The van der Waals surface area contributed by atoms with Crippen molar-refractivity contribution in [1.82, 2.24) is 24.0 Å². The SMILES string of the molecule is CCN1CCC1C(=O)N(C)CC(=O)N1CCN(C(=O)c2c(OC)nsc2OC)CC1.O=C(O)C(F)(F)F. The molecule has 0 bridgehead atoms. The van der Waals surface area contributed by atoms with Crippen molar-refractivity contribution in [3.63, 3.8) is 0 Å². The van der Waals surface area contributed by atoms with Crippen molar-refractivity contribution >= 4 is 35.2 Å². The Morgan fingerprint density at radius 1 is 1.08 bits per heavy atom. The van der Waals surface area contributed by atoms with Gasteiger partial charge in [-0.15, -0.1) is 0 Å². The van der Waals surface area contributed by atoms with Gasteiger partial charge in [0.2, 0.25) is 22.8 Å². The molecule has 0 spiro atoms. The van der Waals surface area contributed by atoms with Gasteiger partial charge in [0.1, 0.15) is 0 Å².